The average Bonchev–Trinajstić information content (AvgIpc) is 3.20. The molecule has 0 saturated carbocycles. The summed E-state index contributed by atoms with van der Waals surface area (Å²) in [6.07, 6.45) is 6.72. The van der Waals surface area contributed by atoms with Crippen molar-refractivity contribution in [1.29, 1.82) is 0 Å². The molecular formula is C21H35IN4O. The minimum Gasteiger partial charge on any atom is -0.376 e. The van der Waals surface area contributed by atoms with Crippen molar-refractivity contribution in [1.82, 2.24) is 15.5 Å². The van der Waals surface area contributed by atoms with E-state index in [1.807, 2.05) is 0 Å². The van der Waals surface area contributed by atoms with Gasteiger partial charge in [0.05, 0.1) is 12.6 Å². The Kier molecular flexibility index (Phi) is 10.4. The molecular weight excluding hydrogens is 451 g/mol. The summed E-state index contributed by atoms with van der Waals surface area (Å²) in [4.78, 5) is 7.28. The molecule has 2 aliphatic rings. The summed E-state index contributed by atoms with van der Waals surface area (Å²) < 4.78 is 5.67. The maximum Gasteiger partial charge on any atom is 0.191 e. The molecule has 1 unspecified atom stereocenters. The van der Waals surface area contributed by atoms with Crippen molar-refractivity contribution in [3.8, 4) is 0 Å². The Morgan fingerprint density at radius 1 is 1.07 bits per heavy atom. The molecule has 1 atom stereocenters. The number of hydrogen-bond donors (Lipinski definition) is 2. The van der Waals surface area contributed by atoms with Crippen LogP contribution in [0.2, 0.25) is 0 Å². The standard InChI is InChI=1S/C21H34N4O.HI/c1-2-22-21(24-16-20-7-6-14-26-20)23-15-18-8-10-19(11-9-18)17-25-12-4-3-5-13-25;/h8-11,20H,2-7,12-17H2,1H3,(H2,22,23,24);1H. The lowest BCUT2D eigenvalue weighted by Crippen LogP contribution is -2.41. The van der Waals surface area contributed by atoms with Gasteiger partial charge in [-0.1, -0.05) is 30.7 Å². The van der Waals surface area contributed by atoms with Gasteiger partial charge < -0.3 is 15.4 Å². The molecule has 152 valence electrons. The van der Waals surface area contributed by atoms with Gasteiger partial charge in [0.15, 0.2) is 5.96 Å². The predicted octanol–water partition coefficient (Wildman–Crippen LogP) is 3.52. The van der Waals surface area contributed by atoms with Crippen molar-refractivity contribution >= 4 is 29.9 Å². The second-order valence-corrected chi connectivity index (χ2v) is 7.36. The lowest BCUT2D eigenvalue weighted by molar-refractivity contribution is 0.114. The van der Waals surface area contributed by atoms with Gasteiger partial charge in [-0.15, -0.1) is 24.0 Å². The summed E-state index contributed by atoms with van der Waals surface area (Å²) >= 11 is 0. The average molecular weight is 486 g/mol. The van der Waals surface area contributed by atoms with Gasteiger partial charge in [0.25, 0.3) is 0 Å². The molecule has 2 fully saturated rings. The fraction of sp³-hybridized carbons (Fsp3) is 0.667. The zero-order valence-corrected chi connectivity index (χ0v) is 18.9. The summed E-state index contributed by atoms with van der Waals surface area (Å²) in [5, 5.41) is 6.72. The van der Waals surface area contributed by atoms with Crippen molar-refractivity contribution < 1.29 is 4.74 Å². The van der Waals surface area contributed by atoms with Gasteiger partial charge in [0.2, 0.25) is 0 Å². The lowest BCUT2D eigenvalue weighted by Gasteiger charge is -2.26. The van der Waals surface area contributed by atoms with Crippen LogP contribution in [-0.4, -0.2) is 49.7 Å². The number of likely N-dealkylation sites (tertiary alicyclic amines) is 1. The van der Waals surface area contributed by atoms with Gasteiger partial charge in [-0.05, 0) is 56.8 Å². The molecule has 0 amide bonds. The number of benzene rings is 1. The Labute approximate surface area is 181 Å². The number of nitrogens with one attached hydrogen (secondary N) is 2. The summed E-state index contributed by atoms with van der Waals surface area (Å²) in [7, 11) is 0. The molecule has 2 aliphatic heterocycles. The summed E-state index contributed by atoms with van der Waals surface area (Å²) in [5.74, 6) is 0.875. The van der Waals surface area contributed by atoms with Gasteiger partial charge in [-0.3, -0.25) is 4.90 Å². The molecule has 0 aromatic heterocycles. The molecule has 0 aliphatic carbocycles. The molecule has 1 aromatic rings. The molecule has 2 N–H and O–H groups in total. The SMILES string of the molecule is CCNC(=NCc1ccc(CN2CCCCC2)cc1)NCC1CCCO1.I. The molecule has 27 heavy (non-hydrogen) atoms. The van der Waals surface area contributed by atoms with Gasteiger partial charge >= 0.3 is 0 Å². The van der Waals surface area contributed by atoms with Crippen LogP contribution in [-0.2, 0) is 17.8 Å². The van der Waals surface area contributed by atoms with Crippen LogP contribution in [0, 0.1) is 0 Å². The van der Waals surface area contributed by atoms with Crippen LogP contribution < -0.4 is 10.6 Å². The van der Waals surface area contributed by atoms with Gasteiger partial charge in [0, 0.05) is 26.2 Å². The van der Waals surface area contributed by atoms with Gasteiger partial charge in [0.1, 0.15) is 0 Å². The predicted molar refractivity (Wildman–Crippen MR) is 123 cm³/mol. The van der Waals surface area contributed by atoms with E-state index in [0.717, 1.165) is 38.6 Å². The highest BCUT2D eigenvalue weighted by Gasteiger charge is 2.15. The number of rotatable bonds is 7. The first-order chi connectivity index (χ1) is 12.8. The third-order valence-corrected chi connectivity index (χ3v) is 5.16. The second kappa shape index (κ2) is 12.6. The van der Waals surface area contributed by atoms with E-state index in [-0.39, 0.29) is 24.0 Å². The van der Waals surface area contributed by atoms with Crippen molar-refractivity contribution in [3.05, 3.63) is 35.4 Å². The molecule has 3 rings (SSSR count). The second-order valence-electron chi connectivity index (χ2n) is 7.36. The van der Waals surface area contributed by atoms with Crippen molar-refractivity contribution in [2.45, 2.75) is 58.2 Å². The summed E-state index contributed by atoms with van der Waals surface area (Å²) in [6.45, 7) is 8.96. The highest BCUT2D eigenvalue weighted by molar-refractivity contribution is 14.0. The number of guanidine groups is 1. The minimum absolute atomic E-state index is 0. The van der Waals surface area contributed by atoms with Crippen LogP contribution in [0.15, 0.2) is 29.3 Å². The van der Waals surface area contributed by atoms with Crippen LogP contribution >= 0.6 is 24.0 Å². The molecule has 0 radical (unpaired) electrons. The third kappa shape index (κ3) is 7.95. The Morgan fingerprint density at radius 3 is 2.48 bits per heavy atom. The Hall–Kier alpha value is -0.860. The highest BCUT2D eigenvalue weighted by atomic mass is 127. The van der Waals surface area contributed by atoms with E-state index in [2.05, 4.69) is 46.7 Å². The monoisotopic (exact) mass is 486 g/mol. The molecule has 2 heterocycles. The number of aliphatic imine (C=N–C) groups is 1. The topological polar surface area (TPSA) is 48.9 Å². The van der Waals surface area contributed by atoms with Crippen LogP contribution in [0.1, 0.15) is 50.2 Å². The Balaban J connectivity index is 0.00000261. The lowest BCUT2D eigenvalue weighted by atomic mass is 10.1. The first-order valence-electron chi connectivity index (χ1n) is 10.3. The quantitative estimate of drug-likeness (QED) is 0.352. The summed E-state index contributed by atoms with van der Waals surface area (Å²) in [5.41, 5.74) is 2.66. The van der Waals surface area contributed by atoms with E-state index < -0.39 is 0 Å². The maximum absolute atomic E-state index is 5.67. The third-order valence-electron chi connectivity index (χ3n) is 5.16. The van der Waals surface area contributed by atoms with E-state index in [4.69, 9.17) is 9.73 Å². The molecule has 1 aromatic carbocycles. The van der Waals surface area contributed by atoms with Gasteiger partial charge in [-0.2, -0.15) is 0 Å². The smallest absolute Gasteiger partial charge is 0.191 e. The van der Waals surface area contributed by atoms with E-state index in [1.54, 1.807) is 0 Å². The van der Waals surface area contributed by atoms with E-state index >= 15 is 0 Å². The summed E-state index contributed by atoms with van der Waals surface area (Å²) in [6, 6.07) is 8.94. The van der Waals surface area contributed by atoms with Crippen molar-refractivity contribution in [2.24, 2.45) is 4.99 Å². The number of halogens is 1. The van der Waals surface area contributed by atoms with E-state index in [9.17, 15) is 0 Å². The molecule has 0 bridgehead atoms. The van der Waals surface area contributed by atoms with Crippen molar-refractivity contribution in [2.75, 3.05) is 32.8 Å². The largest absolute Gasteiger partial charge is 0.376 e. The molecule has 5 nitrogen and oxygen atoms in total. The molecule has 2 saturated heterocycles. The van der Waals surface area contributed by atoms with Crippen LogP contribution in [0.25, 0.3) is 0 Å². The first kappa shape index (κ1) is 22.4. The molecule has 6 heteroatoms. The Morgan fingerprint density at radius 2 is 1.81 bits per heavy atom. The van der Waals surface area contributed by atoms with E-state index in [0.29, 0.717) is 12.6 Å². The van der Waals surface area contributed by atoms with Crippen LogP contribution in [0.4, 0.5) is 0 Å². The fourth-order valence-electron chi connectivity index (χ4n) is 3.65. The van der Waals surface area contributed by atoms with Crippen LogP contribution in [0.5, 0.6) is 0 Å². The number of piperidine rings is 1. The highest BCUT2D eigenvalue weighted by Crippen LogP contribution is 2.14. The van der Waals surface area contributed by atoms with E-state index in [1.165, 1.54) is 49.9 Å². The Bertz CT molecular complexity index is 552. The number of ether oxygens (including phenoxy) is 1. The van der Waals surface area contributed by atoms with Crippen molar-refractivity contribution in [3.63, 3.8) is 0 Å². The zero-order valence-electron chi connectivity index (χ0n) is 16.6. The zero-order chi connectivity index (χ0) is 18.0. The normalized spacial score (nSPS) is 20.9. The molecule has 0 spiro atoms. The first-order valence-corrected chi connectivity index (χ1v) is 10.3. The minimum atomic E-state index is 0. The number of hydrogen-bond acceptors (Lipinski definition) is 3. The fourth-order valence-corrected chi connectivity index (χ4v) is 3.65. The maximum atomic E-state index is 5.67. The van der Waals surface area contributed by atoms with Crippen LogP contribution in [0.3, 0.4) is 0 Å². The number of nitrogens with zero attached hydrogens (tertiary/aromatic N) is 2. The van der Waals surface area contributed by atoms with Gasteiger partial charge in [-0.25, -0.2) is 4.99 Å².